The van der Waals surface area contributed by atoms with Gasteiger partial charge in [-0.05, 0) is 30.9 Å². The summed E-state index contributed by atoms with van der Waals surface area (Å²) < 4.78 is 0. The second-order valence-electron chi connectivity index (χ2n) is 4.64. The molecule has 2 rings (SSSR count). The van der Waals surface area contributed by atoms with Gasteiger partial charge < -0.3 is 5.73 Å². The number of thioether (sulfide) groups is 1. The van der Waals surface area contributed by atoms with E-state index >= 15 is 0 Å². The van der Waals surface area contributed by atoms with Crippen LogP contribution in [0.25, 0.3) is 0 Å². The van der Waals surface area contributed by atoms with Crippen molar-refractivity contribution in [2.75, 3.05) is 5.75 Å². The number of fused-ring (bicyclic) bond motifs is 1. The molecule has 0 aromatic rings. The van der Waals surface area contributed by atoms with Gasteiger partial charge >= 0.3 is 0 Å². The number of nitrogens with two attached hydrogens (primary N) is 1. The summed E-state index contributed by atoms with van der Waals surface area (Å²) in [6.07, 6.45) is 4.60. The van der Waals surface area contributed by atoms with Gasteiger partial charge in [-0.2, -0.15) is 11.8 Å². The molecule has 1 saturated carbocycles. The van der Waals surface area contributed by atoms with E-state index in [0.717, 1.165) is 12.2 Å². The molecule has 0 spiro atoms. The number of rotatable bonds is 0. The number of hydrogen-bond donors (Lipinski definition) is 1. The summed E-state index contributed by atoms with van der Waals surface area (Å²) >= 11 is 1.98. The topological polar surface area (TPSA) is 43.1 Å². The molecule has 1 saturated heterocycles. The molecule has 0 aromatic heterocycles. The van der Waals surface area contributed by atoms with Crippen molar-refractivity contribution in [3.8, 4) is 0 Å². The third-order valence-electron chi connectivity index (χ3n) is 3.62. The number of Topliss-reactive ketones (excluding diaryl/α,β-unsaturated/α-hetero) is 1. The zero-order chi connectivity index (χ0) is 10.1. The van der Waals surface area contributed by atoms with Crippen LogP contribution in [0, 0.1) is 11.8 Å². The van der Waals surface area contributed by atoms with Gasteiger partial charge in [0.05, 0.1) is 6.04 Å². The van der Waals surface area contributed by atoms with Gasteiger partial charge in [0.1, 0.15) is 0 Å². The molecule has 1 heterocycles. The third kappa shape index (κ3) is 1.84. The van der Waals surface area contributed by atoms with Crippen LogP contribution in [0.1, 0.15) is 32.6 Å². The Morgan fingerprint density at radius 1 is 1.36 bits per heavy atom. The molecular formula is C11H19NOS. The van der Waals surface area contributed by atoms with Gasteiger partial charge in [-0.1, -0.05) is 13.3 Å². The molecule has 0 bridgehead atoms. The molecule has 2 aliphatic rings. The second-order valence-corrected chi connectivity index (χ2v) is 5.99. The maximum atomic E-state index is 12.1. The second kappa shape index (κ2) is 4.23. The molecule has 0 amide bonds. The Morgan fingerprint density at radius 2 is 2.14 bits per heavy atom. The number of ketones is 1. The third-order valence-corrected chi connectivity index (χ3v) is 5.04. The van der Waals surface area contributed by atoms with Gasteiger partial charge in [-0.15, -0.1) is 0 Å². The van der Waals surface area contributed by atoms with Crippen molar-refractivity contribution in [1.29, 1.82) is 0 Å². The maximum absolute atomic E-state index is 12.1. The number of hydrogen-bond acceptors (Lipinski definition) is 3. The summed E-state index contributed by atoms with van der Waals surface area (Å²) in [5, 5.41) is 0.569. The van der Waals surface area contributed by atoms with E-state index in [1.807, 2.05) is 11.8 Å². The summed E-state index contributed by atoms with van der Waals surface area (Å²) in [4.78, 5) is 12.1. The SMILES string of the molecule is C[C@@H]1CCC[C@@H]2SCC[C@H](N)C(=O)C12. The fraction of sp³-hybridized carbons (Fsp3) is 0.909. The minimum Gasteiger partial charge on any atom is -0.321 e. The summed E-state index contributed by atoms with van der Waals surface area (Å²) in [5.74, 6) is 2.22. The molecular weight excluding hydrogens is 194 g/mol. The fourth-order valence-corrected chi connectivity index (χ4v) is 4.39. The molecule has 14 heavy (non-hydrogen) atoms. The van der Waals surface area contributed by atoms with E-state index in [1.165, 1.54) is 19.3 Å². The standard InChI is InChI=1S/C11H19NOS/c1-7-3-2-4-9-10(7)11(13)8(12)5-6-14-9/h7-10H,2-6,12H2,1H3/t7-,8+,9+,10?/m1/s1. The van der Waals surface area contributed by atoms with Crippen molar-refractivity contribution < 1.29 is 4.79 Å². The molecule has 2 N–H and O–H groups in total. The summed E-state index contributed by atoms with van der Waals surface area (Å²) in [6.45, 7) is 2.22. The highest BCUT2D eigenvalue weighted by molar-refractivity contribution is 7.99. The minimum atomic E-state index is -0.182. The predicted octanol–water partition coefficient (Wildman–Crippen LogP) is 1.82. The highest BCUT2D eigenvalue weighted by Gasteiger charge is 2.39. The minimum absolute atomic E-state index is 0.182. The summed E-state index contributed by atoms with van der Waals surface area (Å²) in [6, 6.07) is -0.182. The Morgan fingerprint density at radius 3 is 2.93 bits per heavy atom. The molecule has 2 fully saturated rings. The average Bonchev–Trinajstić information content (AvgIpc) is 2.29. The molecule has 4 atom stereocenters. The van der Waals surface area contributed by atoms with Gasteiger partial charge in [-0.3, -0.25) is 4.79 Å². The maximum Gasteiger partial charge on any atom is 0.153 e. The molecule has 3 heteroatoms. The van der Waals surface area contributed by atoms with Crippen molar-refractivity contribution in [2.24, 2.45) is 17.6 Å². The van der Waals surface area contributed by atoms with Crippen LogP contribution in [0.15, 0.2) is 0 Å². The Balaban J connectivity index is 2.18. The van der Waals surface area contributed by atoms with E-state index in [4.69, 9.17) is 5.73 Å². The van der Waals surface area contributed by atoms with Crippen LogP contribution in [0.5, 0.6) is 0 Å². The van der Waals surface area contributed by atoms with Crippen molar-refractivity contribution in [3.63, 3.8) is 0 Å². The highest BCUT2D eigenvalue weighted by Crippen LogP contribution is 2.40. The Bertz CT molecular complexity index is 231. The van der Waals surface area contributed by atoms with E-state index in [-0.39, 0.29) is 12.0 Å². The zero-order valence-corrected chi connectivity index (χ0v) is 9.56. The molecule has 1 aliphatic heterocycles. The van der Waals surface area contributed by atoms with Crippen LogP contribution in [0.2, 0.25) is 0 Å². The summed E-state index contributed by atoms with van der Waals surface area (Å²) in [7, 11) is 0. The summed E-state index contributed by atoms with van der Waals surface area (Å²) in [5.41, 5.74) is 5.88. The van der Waals surface area contributed by atoms with E-state index in [1.54, 1.807) is 0 Å². The van der Waals surface area contributed by atoms with E-state index in [0.29, 0.717) is 17.0 Å². The predicted molar refractivity (Wildman–Crippen MR) is 60.4 cm³/mol. The fourth-order valence-electron chi connectivity index (χ4n) is 2.75. The van der Waals surface area contributed by atoms with Crippen LogP contribution >= 0.6 is 11.8 Å². The molecule has 0 radical (unpaired) electrons. The van der Waals surface area contributed by atoms with Crippen LogP contribution in [-0.4, -0.2) is 22.8 Å². The Hall–Kier alpha value is -0.0200. The molecule has 1 aliphatic carbocycles. The van der Waals surface area contributed by atoms with Crippen LogP contribution in [0.3, 0.4) is 0 Å². The normalized spacial score (nSPS) is 44.3. The lowest BCUT2D eigenvalue weighted by Gasteiger charge is -2.34. The Labute approximate surface area is 90.0 Å². The smallest absolute Gasteiger partial charge is 0.153 e. The van der Waals surface area contributed by atoms with Crippen molar-refractivity contribution >= 4 is 17.5 Å². The first-order valence-electron chi connectivity index (χ1n) is 5.61. The first-order chi connectivity index (χ1) is 6.70. The first-order valence-corrected chi connectivity index (χ1v) is 6.66. The van der Waals surface area contributed by atoms with E-state index < -0.39 is 0 Å². The van der Waals surface area contributed by atoms with Crippen LogP contribution < -0.4 is 5.73 Å². The number of carbonyl (C=O) groups is 1. The Kier molecular flexibility index (Phi) is 3.17. The molecule has 2 nitrogen and oxygen atoms in total. The first kappa shape index (κ1) is 10.5. The monoisotopic (exact) mass is 213 g/mol. The van der Waals surface area contributed by atoms with Gasteiger partial charge in [0.15, 0.2) is 5.78 Å². The zero-order valence-electron chi connectivity index (χ0n) is 8.74. The van der Waals surface area contributed by atoms with Gasteiger partial charge in [-0.25, -0.2) is 0 Å². The van der Waals surface area contributed by atoms with Gasteiger partial charge in [0, 0.05) is 11.2 Å². The highest BCUT2D eigenvalue weighted by atomic mass is 32.2. The lowest BCUT2D eigenvalue weighted by molar-refractivity contribution is -0.126. The largest absolute Gasteiger partial charge is 0.321 e. The average molecular weight is 213 g/mol. The molecule has 0 aromatic carbocycles. The molecule has 80 valence electrons. The van der Waals surface area contributed by atoms with Crippen molar-refractivity contribution in [2.45, 2.75) is 43.9 Å². The quantitative estimate of drug-likeness (QED) is 0.667. The lowest BCUT2D eigenvalue weighted by atomic mass is 9.76. The van der Waals surface area contributed by atoms with E-state index in [2.05, 4.69) is 6.92 Å². The number of carbonyl (C=O) groups excluding carboxylic acids is 1. The van der Waals surface area contributed by atoms with Gasteiger partial charge in [0.25, 0.3) is 0 Å². The van der Waals surface area contributed by atoms with Crippen LogP contribution in [-0.2, 0) is 4.79 Å². The molecule has 1 unspecified atom stereocenters. The van der Waals surface area contributed by atoms with Crippen molar-refractivity contribution in [3.05, 3.63) is 0 Å². The lowest BCUT2D eigenvalue weighted by Crippen LogP contribution is -2.42. The van der Waals surface area contributed by atoms with Gasteiger partial charge in [0.2, 0.25) is 0 Å². The van der Waals surface area contributed by atoms with E-state index in [9.17, 15) is 4.79 Å². The van der Waals surface area contributed by atoms with Crippen molar-refractivity contribution in [1.82, 2.24) is 0 Å². The van der Waals surface area contributed by atoms with Crippen LogP contribution in [0.4, 0.5) is 0 Å².